The van der Waals surface area contributed by atoms with E-state index in [4.69, 9.17) is 23.3 Å². The minimum absolute atomic E-state index is 0.136. The molecule has 0 saturated heterocycles. The first kappa shape index (κ1) is 77.6. The summed E-state index contributed by atoms with van der Waals surface area (Å²) in [6.45, 7) is 4.34. The molecule has 0 aliphatic heterocycles. The highest BCUT2D eigenvalue weighted by Gasteiger charge is 2.28. The fourth-order valence-electron chi connectivity index (χ4n) is 8.23. The minimum atomic E-state index is -4.78. The largest absolute Gasteiger partial charge is 0.472 e. The van der Waals surface area contributed by atoms with Crippen molar-refractivity contribution in [2.24, 2.45) is 0 Å². The van der Waals surface area contributed by atoms with E-state index in [2.05, 4.69) is 154 Å². The van der Waals surface area contributed by atoms with Crippen molar-refractivity contribution in [1.29, 1.82) is 0 Å². The number of aliphatic hydroxyl groups is 1. The number of esters is 3. The lowest BCUT2D eigenvalue weighted by Gasteiger charge is -2.21. The topological polar surface area (TPSA) is 155 Å². The van der Waals surface area contributed by atoms with E-state index >= 15 is 0 Å². The summed E-state index contributed by atoms with van der Waals surface area (Å²) in [6, 6.07) is 0. The van der Waals surface area contributed by atoms with Gasteiger partial charge < -0.3 is 24.2 Å². The summed E-state index contributed by atoms with van der Waals surface area (Å²) >= 11 is 0. The Morgan fingerprint density at radius 1 is 0.354 bits per heavy atom. The second-order valence-electron chi connectivity index (χ2n) is 20.8. The molecule has 0 aromatic heterocycles. The van der Waals surface area contributed by atoms with Gasteiger partial charge in [0.05, 0.1) is 19.8 Å². The van der Waals surface area contributed by atoms with Gasteiger partial charge in [0.2, 0.25) is 0 Å². The quantitative estimate of drug-likeness (QED) is 0.0197. The van der Waals surface area contributed by atoms with E-state index in [-0.39, 0.29) is 25.9 Å². The number of ether oxygens (including phenoxy) is 3. The molecule has 0 bridgehead atoms. The summed E-state index contributed by atoms with van der Waals surface area (Å²) in [5, 5.41) is 9.86. The van der Waals surface area contributed by atoms with Crippen molar-refractivity contribution in [1.82, 2.24) is 0 Å². The molecule has 0 aliphatic rings. The van der Waals surface area contributed by atoms with Crippen LogP contribution < -0.4 is 0 Å². The molecule has 0 heterocycles. The highest BCUT2D eigenvalue weighted by molar-refractivity contribution is 7.47. The van der Waals surface area contributed by atoms with E-state index in [1.807, 2.05) is 0 Å². The van der Waals surface area contributed by atoms with Crippen LogP contribution in [0.5, 0.6) is 0 Å². The SMILES string of the molecule is CC/C=C\C/C=C\C/C=C\C/C=C\C/C=C\CCCCCC(=O)OCC(COP(=O)(O)OCC(CO)OC(=O)CCCCCCCCC/C=C\C/C=C\CCCCC)OC(=O)CCCCCCCC/C=C\C/C=C\C/C=C\C/C=C\CC. The molecule has 0 spiro atoms. The van der Waals surface area contributed by atoms with Crippen molar-refractivity contribution in [3.63, 3.8) is 0 Å². The van der Waals surface area contributed by atoms with Crippen LogP contribution in [0.15, 0.2) is 134 Å². The first-order valence-corrected chi connectivity index (χ1v) is 33.6. The summed E-state index contributed by atoms with van der Waals surface area (Å²) < 4.78 is 39.7. The first-order valence-electron chi connectivity index (χ1n) is 32.1. The zero-order chi connectivity index (χ0) is 59.8. The van der Waals surface area contributed by atoms with Crippen LogP contribution in [0.1, 0.15) is 252 Å². The molecule has 0 rings (SSSR count). The highest BCUT2D eigenvalue weighted by atomic mass is 31.2. The summed E-state index contributed by atoms with van der Waals surface area (Å²) in [4.78, 5) is 48.8. The van der Waals surface area contributed by atoms with Gasteiger partial charge in [0.1, 0.15) is 12.7 Å². The van der Waals surface area contributed by atoms with Crippen molar-refractivity contribution in [2.45, 2.75) is 264 Å². The van der Waals surface area contributed by atoms with E-state index < -0.39 is 57.8 Å². The van der Waals surface area contributed by atoms with Crippen molar-refractivity contribution in [3.8, 4) is 0 Å². The van der Waals surface area contributed by atoms with Crippen molar-refractivity contribution >= 4 is 25.7 Å². The van der Waals surface area contributed by atoms with Crippen LogP contribution in [0, 0.1) is 0 Å². The summed E-state index contributed by atoms with van der Waals surface area (Å²) in [5.74, 6) is -1.54. The average molecular weight is 1160 g/mol. The molecule has 2 N–H and O–H groups in total. The van der Waals surface area contributed by atoms with E-state index in [1.165, 1.54) is 38.5 Å². The molecular formula is C70H115O11P. The third kappa shape index (κ3) is 60.2. The molecule has 466 valence electrons. The average Bonchev–Trinajstić information content (AvgIpc) is 3.47. The van der Waals surface area contributed by atoms with E-state index in [1.54, 1.807) is 0 Å². The van der Waals surface area contributed by atoms with E-state index in [9.17, 15) is 28.9 Å². The minimum Gasteiger partial charge on any atom is -0.462 e. The summed E-state index contributed by atoms with van der Waals surface area (Å²) in [7, 11) is -4.78. The molecule has 0 fully saturated rings. The Morgan fingerprint density at radius 3 is 0.988 bits per heavy atom. The van der Waals surface area contributed by atoms with Gasteiger partial charge in [-0.05, 0) is 135 Å². The maximum atomic E-state index is 13.0. The number of hydrogen-bond donors (Lipinski definition) is 2. The van der Waals surface area contributed by atoms with Gasteiger partial charge >= 0.3 is 25.7 Å². The molecule has 12 heteroatoms. The lowest BCUT2D eigenvalue weighted by Crippen LogP contribution is -2.30. The smallest absolute Gasteiger partial charge is 0.462 e. The Hall–Kier alpha value is -4.38. The maximum absolute atomic E-state index is 13.0. The number of phosphoric acid groups is 1. The fourth-order valence-corrected chi connectivity index (χ4v) is 9.01. The Labute approximate surface area is 500 Å². The van der Waals surface area contributed by atoms with Gasteiger partial charge in [-0.1, -0.05) is 231 Å². The molecule has 0 radical (unpaired) electrons. The van der Waals surface area contributed by atoms with Crippen molar-refractivity contribution in [3.05, 3.63) is 134 Å². The highest BCUT2D eigenvalue weighted by Crippen LogP contribution is 2.43. The van der Waals surface area contributed by atoms with Crippen LogP contribution >= 0.6 is 7.82 Å². The molecule has 0 aromatic carbocycles. The third-order valence-electron chi connectivity index (χ3n) is 13.0. The maximum Gasteiger partial charge on any atom is 0.472 e. The number of phosphoric ester groups is 1. The monoisotopic (exact) mass is 1160 g/mol. The zero-order valence-electron chi connectivity index (χ0n) is 51.7. The van der Waals surface area contributed by atoms with Gasteiger partial charge in [-0.25, -0.2) is 4.57 Å². The normalized spacial score (nSPS) is 14.2. The van der Waals surface area contributed by atoms with Crippen molar-refractivity contribution < 1.29 is 52.2 Å². The van der Waals surface area contributed by atoms with Gasteiger partial charge in [-0.2, -0.15) is 0 Å². The molecule has 3 atom stereocenters. The Bertz CT molecular complexity index is 1890. The van der Waals surface area contributed by atoms with Crippen LogP contribution in [-0.2, 0) is 42.2 Å². The molecule has 0 aromatic rings. The number of hydrogen-bond acceptors (Lipinski definition) is 10. The molecule has 11 nitrogen and oxygen atoms in total. The van der Waals surface area contributed by atoms with Gasteiger partial charge in [0.15, 0.2) is 6.10 Å². The predicted octanol–water partition coefficient (Wildman–Crippen LogP) is 19.7. The molecule has 3 unspecified atom stereocenters. The van der Waals surface area contributed by atoms with Crippen LogP contribution in [-0.4, -0.2) is 66.5 Å². The third-order valence-corrected chi connectivity index (χ3v) is 14.0. The number of unbranched alkanes of at least 4 members (excludes halogenated alkanes) is 19. The molecule has 0 amide bonds. The second-order valence-corrected chi connectivity index (χ2v) is 22.3. The van der Waals surface area contributed by atoms with E-state index in [0.717, 1.165) is 154 Å². The summed E-state index contributed by atoms with van der Waals surface area (Å²) in [6.07, 6.45) is 79.6. The van der Waals surface area contributed by atoms with Crippen LogP contribution in [0.3, 0.4) is 0 Å². The number of rotatable bonds is 58. The lowest BCUT2D eigenvalue weighted by atomic mass is 10.1. The lowest BCUT2D eigenvalue weighted by molar-refractivity contribution is -0.161. The predicted molar refractivity (Wildman–Crippen MR) is 343 cm³/mol. The van der Waals surface area contributed by atoms with Gasteiger partial charge in [0, 0.05) is 19.3 Å². The molecule has 0 saturated carbocycles. The summed E-state index contributed by atoms with van der Waals surface area (Å²) in [5.41, 5.74) is 0. The molecule has 0 aliphatic carbocycles. The number of carbonyl (C=O) groups excluding carboxylic acids is 3. The Kier molecular flexibility index (Phi) is 59.3. The van der Waals surface area contributed by atoms with Crippen LogP contribution in [0.2, 0.25) is 0 Å². The first-order chi connectivity index (χ1) is 40.2. The number of aliphatic hydroxyl groups excluding tert-OH is 1. The fraction of sp³-hybridized carbons (Fsp3) is 0.643. The zero-order valence-corrected chi connectivity index (χ0v) is 52.6. The van der Waals surface area contributed by atoms with Gasteiger partial charge in [-0.15, -0.1) is 0 Å². The van der Waals surface area contributed by atoms with Crippen LogP contribution in [0.25, 0.3) is 0 Å². The molecular weight excluding hydrogens is 1050 g/mol. The standard InChI is InChI=1S/C70H115O11P/c1-4-7-10-13-16-19-22-25-28-31-33-36-38-41-44-47-50-53-56-59-68(72)77-63-67(81-70(74)61-58-55-52-49-46-43-40-37-34-32-29-26-23-20-17-14-11-8-5-2)65-79-82(75,76)78-64-66(62-71)80-69(73)60-57-54-51-48-45-42-39-35-30-27-24-21-18-15-12-9-6-3/h7-8,10-11,16-21,25-30,33-34,36-37,41,44,66-67,71H,4-6,9,12-15,22-24,31-32,35,38-40,42-43,45-65H2,1-3H3,(H,75,76)/b10-7-,11-8-,19-16-,20-17-,21-18-,28-25-,29-26-,30-27-,36-33-,37-34-,44-41-. The number of allylic oxidation sites excluding steroid dienone is 22. The van der Waals surface area contributed by atoms with Crippen LogP contribution in [0.4, 0.5) is 0 Å². The Morgan fingerprint density at radius 2 is 0.634 bits per heavy atom. The van der Waals surface area contributed by atoms with E-state index in [0.29, 0.717) is 19.3 Å². The Balaban J connectivity index is 4.81. The van der Waals surface area contributed by atoms with Gasteiger partial charge in [-0.3, -0.25) is 23.4 Å². The van der Waals surface area contributed by atoms with Gasteiger partial charge in [0.25, 0.3) is 0 Å². The van der Waals surface area contributed by atoms with Crippen molar-refractivity contribution in [2.75, 3.05) is 26.4 Å². The number of carbonyl (C=O) groups is 3. The molecule has 82 heavy (non-hydrogen) atoms. The second kappa shape index (κ2) is 62.7.